The van der Waals surface area contributed by atoms with Crippen molar-refractivity contribution >= 4 is 15.9 Å². The molecule has 0 aliphatic carbocycles. The summed E-state index contributed by atoms with van der Waals surface area (Å²) in [4.78, 5) is 6.76. The lowest BCUT2D eigenvalue weighted by Crippen LogP contribution is -2.43. The van der Waals surface area contributed by atoms with Crippen molar-refractivity contribution in [1.82, 2.24) is 9.88 Å². The fraction of sp³-hybridized carbons (Fsp3) is 0.615. The Balaban J connectivity index is 2.20. The number of pyridine rings is 1. The summed E-state index contributed by atoms with van der Waals surface area (Å²) in [7, 11) is 0. The number of hydrogen-bond donors (Lipinski definition) is 1. The molecule has 1 fully saturated rings. The van der Waals surface area contributed by atoms with Crippen LogP contribution in [0.25, 0.3) is 0 Å². The maximum atomic E-state index is 5.96. The summed E-state index contributed by atoms with van der Waals surface area (Å²) in [6, 6.07) is 3.05. The van der Waals surface area contributed by atoms with Crippen LogP contribution < -0.4 is 5.73 Å². The van der Waals surface area contributed by atoms with Crippen LogP contribution in [0, 0.1) is 0 Å². The molecular weight excluding hydrogens is 278 g/mol. The van der Waals surface area contributed by atoms with E-state index in [0.717, 1.165) is 11.0 Å². The maximum absolute atomic E-state index is 5.96. The van der Waals surface area contributed by atoms with Crippen molar-refractivity contribution in [2.75, 3.05) is 13.1 Å². The molecule has 2 rings (SSSR count). The van der Waals surface area contributed by atoms with Gasteiger partial charge in [-0.15, -0.1) is 0 Å². The van der Waals surface area contributed by atoms with Crippen molar-refractivity contribution in [3.63, 3.8) is 0 Å². The van der Waals surface area contributed by atoms with Crippen molar-refractivity contribution in [2.45, 2.75) is 38.3 Å². The number of aromatic nitrogens is 1. The van der Waals surface area contributed by atoms with Gasteiger partial charge in [0.15, 0.2) is 0 Å². The highest BCUT2D eigenvalue weighted by molar-refractivity contribution is 9.10. The normalized spacial score (nSPS) is 23.6. The minimum Gasteiger partial charge on any atom is -0.329 e. The highest BCUT2D eigenvalue weighted by atomic mass is 79.9. The lowest BCUT2D eigenvalue weighted by Gasteiger charge is -2.39. The van der Waals surface area contributed by atoms with Gasteiger partial charge in [0.1, 0.15) is 0 Å². The monoisotopic (exact) mass is 297 g/mol. The van der Waals surface area contributed by atoms with Crippen molar-refractivity contribution in [3.8, 4) is 0 Å². The van der Waals surface area contributed by atoms with E-state index >= 15 is 0 Å². The Labute approximate surface area is 112 Å². The number of likely N-dealkylation sites (tertiary alicyclic amines) is 1. The van der Waals surface area contributed by atoms with Gasteiger partial charge in [-0.1, -0.05) is 6.42 Å². The molecular formula is C13H20BrN3. The van der Waals surface area contributed by atoms with E-state index in [2.05, 4.69) is 38.8 Å². The predicted octanol–water partition coefficient (Wildman–Crippen LogP) is 2.72. The average molecular weight is 298 g/mol. The summed E-state index contributed by atoms with van der Waals surface area (Å²) in [6.45, 7) is 4.10. The molecule has 0 amide bonds. The molecule has 2 atom stereocenters. The van der Waals surface area contributed by atoms with E-state index in [-0.39, 0.29) is 0 Å². The maximum Gasteiger partial charge on any atom is 0.0488 e. The van der Waals surface area contributed by atoms with Crippen LogP contribution in [0.5, 0.6) is 0 Å². The second-order valence-electron chi connectivity index (χ2n) is 4.77. The number of rotatable bonds is 3. The smallest absolute Gasteiger partial charge is 0.0488 e. The Morgan fingerprint density at radius 3 is 3.00 bits per heavy atom. The van der Waals surface area contributed by atoms with Gasteiger partial charge >= 0.3 is 0 Å². The zero-order chi connectivity index (χ0) is 12.3. The standard InChI is InChI=1S/C13H20BrN3/c1-10-4-2-3-5-17(10)13(7-15)11-6-12(14)9-16-8-11/h6,8-10,13H,2-5,7,15H2,1H3. The summed E-state index contributed by atoms with van der Waals surface area (Å²) in [5, 5.41) is 0. The Hall–Kier alpha value is -0.450. The molecule has 0 bridgehead atoms. The van der Waals surface area contributed by atoms with Gasteiger partial charge in [0.2, 0.25) is 0 Å². The highest BCUT2D eigenvalue weighted by Crippen LogP contribution is 2.28. The Morgan fingerprint density at radius 1 is 1.53 bits per heavy atom. The summed E-state index contributed by atoms with van der Waals surface area (Å²) >= 11 is 3.48. The van der Waals surface area contributed by atoms with E-state index in [4.69, 9.17) is 5.73 Å². The fourth-order valence-corrected chi connectivity index (χ4v) is 3.04. The summed E-state index contributed by atoms with van der Waals surface area (Å²) < 4.78 is 1.03. The zero-order valence-corrected chi connectivity index (χ0v) is 11.9. The molecule has 0 radical (unpaired) electrons. The molecule has 1 aromatic heterocycles. The van der Waals surface area contributed by atoms with Crippen LogP contribution in [-0.4, -0.2) is 29.0 Å². The highest BCUT2D eigenvalue weighted by Gasteiger charge is 2.26. The minimum absolute atomic E-state index is 0.301. The number of nitrogens with zero attached hydrogens (tertiary/aromatic N) is 2. The van der Waals surface area contributed by atoms with Gasteiger partial charge in [0.05, 0.1) is 0 Å². The Morgan fingerprint density at radius 2 is 2.35 bits per heavy atom. The molecule has 1 aliphatic rings. The first kappa shape index (κ1) is 13.0. The van der Waals surface area contributed by atoms with Gasteiger partial charge in [-0.25, -0.2) is 0 Å². The summed E-state index contributed by atoms with van der Waals surface area (Å²) in [6.07, 6.45) is 7.65. The van der Waals surface area contributed by atoms with Gasteiger partial charge in [0.25, 0.3) is 0 Å². The van der Waals surface area contributed by atoms with Crippen LogP contribution in [0.1, 0.15) is 37.8 Å². The SMILES string of the molecule is CC1CCCCN1C(CN)c1cncc(Br)c1. The Bertz CT molecular complexity index is 369. The summed E-state index contributed by atoms with van der Waals surface area (Å²) in [5.74, 6) is 0. The molecule has 4 heteroatoms. The van der Waals surface area contributed by atoms with E-state index in [1.54, 1.807) is 0 Å². The van der Waals surface area contributed by atoms with E-state index in [0.29, 0.717) is 18.6 Å². The van der Waals surface area contributed by atoms with Crippen molar-refractivity contribution in [1.29, 1.82) is 0 Å². The van der Waals surface area contributed by atoms with Crippen LogP contribution in [0.3, 0.4) is 0 Å². The molecule has 2 unspecified atom stereocenters. The third-order valence-corrected chi connectivity index (χ3v) is 4.02. The third-order valence-electron chi connectivity index (χ3n) is 3.59. The van der Waals surface area contributed by atoms with Crippen LogP contribution in [0.4, 0.5) is 0 Å². The van der Waals surface area contributed by atoms with Crippen LogP contribution in [-0.2, 0) is 0 Å². The molecule has 1 aliphatic heterocycles. The van der Waals surface area contributed by atoms with Gasteiger partial charge in [-0.05, 0) is 53.9 Å². The second-order valence-corrected chi connectivity index (χ2v) is 5.69. The van der Waals surface area contributed by atoms with E-state index in [1.165, 1.54) is 24.8 Å². The molecule has 17 heavy (non-hydrogen) atoms. The number of hydrogen-bond acceptors (Lipinski definition) is 3. The largest absolute Gasteiger partial charge is 0.329 e. The molecule has 1 saturated heterocycles. The van der Waals surface area contributed by atoms with Crippen LogP contribution in [0.2, 0.25) is 0 Å². The topological polar surface area (TPSA) is 42.1 Å². The molecule has 2 N–H and O–H groups in total. The molecule has 94 valence electrons. The Kier molecular flexibility index (Phi) is 4.54. The van der Waals surface area contributed by atoms with Crippen molar-refractivity contribution in [2.24, 2.45) is 5.73 Å². The molecule has 3 nitrogen and oxygen atoms in total. The number of piperidine rings is 1. The minimum atomic E-state index is 0.301. The molecule has 2 heterocycles. The summed E-state index contributed by atoms with van der Waals surface area (Å²) in [5.41, 5.74) is 7.18. The van der Waals surface area contributed by atoms with Gasteiger partial charge in [0, 0.05) is 35.5 Å². The molecule has 0 aromatic carbocycles. The van der Waals surface area contributed by atoms with Gasteiger partial charge in [-0.2, -0.15) is 0 Å². The van der Waals surface area contributed by atoms with Gasteiger partial charge < -0.3 is 5.73 Å². The van der Waals surface area contributed by atoms with E-state index in [9.17, 15) is 0 Å². The third kappa shape index (κ3) is 3.06. The quantitative estimate of drug-likeness (QED) is 0.933. The average Bonchev–Trinajstić information content (AvgIpc) is 2.33. The zero-order valence-electron chi connectivity index (χ0n) is 10.3. The fourth-order valence-electron chi connectivity index (χ4n) is 2.66. The van der Waals surface area contributed by atoms with Crippen molar-refractivity contribution in [3.05, 3.63) is 28.5 Å². The van der Waals surface area contributed by atoms with E-state index in [1.807, 2.05) is 12.4 Å². The molecule has 1 aromatic rings. The number of nitrogens with two attached hydrogens (primary N) is 1. The lowest BCUT2D eigenvalue weighted by atomic mass is 9.98. The number of halogens is 1. The molecule has 0 spiro atoms. The second kappa shape index (κ2) is 5.94. The predicted molar refractivity (Wildman–Crippen MR) is 73.8 cm³/mol. The first-order valence-electron chi connectivity index (χ1n) is 6.28. The lowest BCUT2D eigenvalue weighted by molar-refractivity contribution is 0.108. The first-order valence-corrected chi connectivity index (χ1v) is 7.08. The van der Waals surface area contributed by atoms with Crippen LogP contribution in [0.15, 0.2) is 22.9 Å². The molecule has 0 saturated carbocycles. The van der Waals surface area contributed by atoms with E-state index < -0.39 is 0 Å². The van der Waals surface area contributed by atoms with Gasteiger partial charge in [-0.3, -0.25) is 9.88 Å². The van der Waals surface area contributed by atoms with Crippen LogP contribution >= 0.6 is 15.9 Å². The van der Waals surface area contributed by atoms with Crippen molar-refractivity contribution < 1.29 is 0 Å². The first-order chi connectivity index (χ1) is 8.22.